The Kier molecular flexibility index (Phi) is 3.48. The lowest BCUT2D eigenvalue weighted by atomic mass is 9.80. The van der Waals surface area contributed by atoms with Gasteiger partial charge in [-0.3, -0.25) is 9.25 Å². The van der Waals surface area contributed by atoms with Crippen molar-refractivity contribution in [3.63, 3.8) is 0 Å². The molecular weight excluding hydrogens is 268 g/mol. The second kappa shape index (κ2) is 5.02. The molecule has 4 nitrogen and oxygen atoms in total. The van der Waals surface area contributed by atoms with Gasteiger partial charge in [-0.15, -0.1) is 0 Å². The first-order valence-corrected chi connectivity index (χ1v) is 8.08. The van der Waals surface area contributed by atoms with Crippen molar-refractivity contribution in [2.24, 2.45) is 18.9 Å². The molecule has 1 saturated carbocycles. The summed E-state index contributed by atoms with van der Waals surface area (Å²) in [6.45, 7) is 6.86. The summed E-state index contributed by atoms with van der Waals surface area (Å²) >= 11 is 5.60. The van der Waals surface area contributed by atoms with Crippen LogP contribution in [-0.4, -0.2) is 19.3 Å². The molecule has 2 unspecified atom stereocenters. The zero-order valence-electron chi connectivity index (χ0n) is 12.8. The van der Waals surface area contributed by atoms with Crippen molar-refractivity contribution in [3.05, 3.63) is 10.5 Å². The number of aromatic amines is 1. The van der Waals surface area contributed by atoms with Gasteiger partial charge >= 0.3 is 0 Å². The van der Waals surface area contributed by atoms with Gasteiger partial charge in [0.2, 0.25) is 0 Å². The average molecular weight is 292 g/mol. The standard InChI is InChI=1S/C15H24N4S/c1-5-12-13-14(18(4)17-12)19(15(20)16-13)11-7-9(2)6-10(3)8-11/h9-11H,5-8H2,1-4H3,(H,16,20). The average Bonchev–Trinajstić information content (AvgIpc) is 2.85. The van der Waals surface area contributed by atoms with Crippen LogP contribution in [0.5, 0.6) is 0 Å². The van der Waals surface area contributed by atoms with Gasteiger partial charge < -0.3 is 4.98 Å². The third-order valence-corrected chi connectivity index (χ3v) is 4.92. The largest absolute Gasteiger partial charge is 0.328 e. The molecule has 0 bridgehead atoms. The highest BCUT2D eigenvalue weighted by atomic mass is 32.1. The first-order valence-electron chi connectivity index (χ1n) is 7.67. The lowest BCUT2D eigenvalue weighted by molar-refractivity contribution is 0.222. The van der Waals surface area contributed by atoms with Crippen LogP contribution in [0.1, 0.15) is 51.8 Å². The highest BCUT2D eigenvalue weighted by Crippen LogP contribution is 2.37. The van der Waals surface area contributed by atoms with E-state index in [0.717, 1.165) is 39.9 Å². The van der Waals surface area contributed by atoms with Gasteiger partial charge in [-0.2, -0.15) is 5.10 Å². The van der Waals surface area contributed by atoms with Gasteiger partial charge in [0.05, 0.1) is 5.69 Å². The molecule has 2 atom stereocenters. The van der Waals surface area contributed by atoms with E-state index in [4.69, 9.17) is 12.2 Å². The third-order valence-electron chi connectivity index (χ3n) is 4.62. The molecule has 1 aliphatic carbocycles. The van der Waals surface area contributed by atoms with E-state index in [1.807, 2.05) is 11.7 Å². The molecule has 3 rings (SSSR count). The molecule has 0 spiro atoms. The molecule has 0 amide bonds. The maximum absolute atomic E-state index is 5.60. The minimum absolute atomic E-state index is 0.509. The Hall–Kier alpha value is -1.10. The topological polar surface area (TPSA) is 38.5 Å². The van der Waals surface area contributed by atoms with E-state index in [1.54, 1.807) is 0 Å². The summed E-state index contributed by atoms with van der Waals surface area (Å²) in [5.41, 5.74) is 3.41. The molecule has 0 radical (unpaired) electrons. The summed E-state index contributed by atoms with van der Waals surface area (Å²) in [6.07, 6.45) is 4.71. The Morgan fingerprint density at radius 3 is 2.50 bits per heavy atom. The van der Waals surface area contributed by atoms with Crippen LogP contribution in [0.4, 0.5) is 0 Å². The minimum atomic E-state index is 0.509. The van der Waals surface area contributed by atoms with Crippen LogP contribution >= 0.6 is 12.2 Å². The Bertz CT molecular complexity index is 668. The number of imidazole rings is 1. The fraction of sp³-hybridized carbons (Fsp3) is 0.733. The molecule has 0 saturated heterocycles. The molecule has 20 heavy (non-hydrogen) atoms. The van der Waals surface area contributed by atoms with Gasteiger partial charge in [0.15, 0.2) is 10.4 Å². The van der Waals surface area contributed by atoms with Crippen molar-refractivity contribution in [1.29, 1.82) is 0 Å². The Morgan fingerprint density at radius 1 is 1.25 bits per heavy atom. The monoisotopic (exact) mass is 292 g/mol. The fourth-order valence-corrected chi connectivity index (χ4v) is 4.28. The highest BCUT2D eigenvalue weighted by molar-refractivity contribution is 7.71. The zero-order valence-corrected chi connectivity index (χ0v) is 13.6. The predicted octanol–water partition coefficient (Wildman–Crippen LogP) is 3.99. The quantitative estimate of drug-likeness (QED) is 0.850. The summed E-state index contributed by atoms with van der Waals surface area (Å²) in [5, 5.41) is 4.62. The lowest BCUT2D eigenvalue weighted by Crippen LogP contribution is -2.23. The molecule has 110 valence electrons. The number of aryl methyl sites for hydroxylation is 2. The number of hydrogen-bond donors (Lipinski definition) is 1. The molecule has 1 N–H and O–H groups in total. The second-order valence-electron chi connectivity index (χ2n) is 6.49. The van der Waals surface area contributed by atoms with E-state index in [9.17, 15) is 0 Å². The first kappa shape index (κ1) is 13.9. The normalized spacial score (nSPS) is 27.3. The van der Waals surface area contributed by atoms with Gasteiger partial charge in [0, 0.05) is 13.1 Å². The van der Waals surface area contributed by atoms with E-state index in [2.05, 4.69) is 35.4 Å². The number of hydrogen-bond acceptors (Lipinski definition) is 2. The van der Waals surface area contributed by atoms with Gasteiger partial charge in [0.25, 0.3) is 0 Å². The Labute approximate surface area is 125 Å². The van der Waals surface area contributed by atoms with Crippen molar-refractivity contribution < 1.29 is 0 Å². The SMILES string of the molecule is CCc1nn(C)c2c1[nH]c(=S)n2C1CC(C)CC(C)C1. The van der Waals surface area contributed by atoms with E-state index in [0.29, 0.717) is 6.04 Å². The summed E-state index contributed by atoms with van der Waals surface area (Å²) in [6, 6.07) is 0.509. The first-order chi connectivity index (χ1) is 9.51. The molecule has 2 heterocycles. The van der Waals surface area contributed by atoms with Gasteiger partial charge in [-0.1, -0.05) is 20.8 Å². The molecule has 2 aromatic heterocycles. The number of fused-ring (bicyclic) bond motifs is 1. The van der Waals surface area contributed by atoms with Crippen LogP contribution in [0.2, 0.25) is 0 Å². The maximum Gasteiger partial charge on any atom is 0.179 e. The molecule has 5 heteroatoms. The molecular formula is C15H24N4S. The molecule has 0 aromatic carbocycles. The van der Waals surface area contributed by atoms with Crippen LogP contribution in [0, 0.1) is 16.6 Å². The van der Waals surface area contributed by atoms with Gasteiger partial charge in [0.1, 0.15) is 5.52 Å². The van der Waals surface area contributed by atoms with Crippen molar-refractivity contribution in [2.45, 2.75) is 52.5 Å². The predicted molar refractivity (Wildman–Crippen MR) is 84.5 cm³/mol. The van der Waals surface area contributed by atoms with E-state index in [1.165, 1.54) is 19.3 Å². The van der Waals surface area contributed by atoms with Crippen LogP contribution in [0.25, 0.3) is 11.2 Å². The zero-order chi connectivity index (χ0) is 14.4. The Balaban J connectivity index is 2.13. The number of rotatable bonds is 2. The summed E-state index contributed by atoms with van der Waals surface area (Å²) in [5.74, 6) is 1.55. The van der Waals surface area contributed by atoms with Crippen LogP contribution in [0.3, 0.4) is 0 Å². The van der Waals surface area contributed by atoms with Crippen LogP contribution < -0.4 is 0 Å². The third kappa shape index (κ3) is 2.12. The van der Waals surface area contributed by atoms with Gasteiger partial charge in [-0.25, -0.2) is 0 Å². The van der Waals surface area contributed by atoms with E-state index in [-0.39, 0.29) is 0 Å². The summed E-state index contributed by atoms with van der Waals surface area (Å²) in [4.78, 5) is 3.39. The fourth-order valence-electron chi connectivity index (χ4n) is 3.94. The van der Waals surface area contributed by atoms with Gasteiger partial charge in [-0.05, 0) is 49.7 Å². The number of nitrogens with one attached hydrogen (secondary N) is 1. The van der Waals surface area contributed by atoms with E-state index >= 15 is 0 Å². The maximum atomic E-state index is 5.60. The number of H-pyrrole nitrogens is 1. The molecule has 0 aliphatic heterocycles. The second-order valence-corrected chi connectivity index (χ2v) is 6.88. The number of aromatic nitrogens is 4. The molecule has 1 aliphatic rings. The summed E-state index contributed by atoms with van der Waals surface area (Å²) in [7, 11) is 2.02. The summed E-state index contributed by atoms with van der Waals surface area (Å²) < 4.78 is 5.17. The van der Waals surface area contributed by atoms with Crippen LogP contribution in [0.15, 0.2) is 0 Å². The Morgan fingerprint density at radius 2 is 1.90 bits per heavy atom. The van der Waals surface area contributed by atoms with E-state index < -0.39 is 0 Å². The van der Waals surface area contributed by atoms with Crippen molar-refractivity contribution in [3.8, 4) is 0 Å². The minimum Gasteiger partial charge on any atom is -0.328 e. The lowest BCUT2D eigenvalue weighted by Gasteiger charge is -2.32. The van der Waals surface area contributed by atoms with Crippen molar-refractivity contribution >= 4 is 23.4 Å². The highest BCUT2D eigenvalue weighted by Gasteiger charge is 2.28. The molecule has 1 fully saturated rings. The smallest absolute Gasteiger partial charge is 0.179 e. The van der Waals surface area contributed by atoms with Crippen LogP contribution in [-0.2, 0) is 13.5 Å². The van der Waals surface area contributed by atoms with Crippen molar-refractivity contribution in [1.82, 2.24) is 19.3 Å². The van der Waals surface area contributed by atoms with Crippen molar-refractivity contribution in [2.75, 3.05) is 0 Å². The number of nitrogens with zero attached hydrogens (tertiary/aromatic N) is 3. The molecule has 2 aromatic rings.